The number of benzene rings is 2. The van der Waals surface area contributed by atoms with E-state index >= 15 is 0 Å². The third-order valence-electron chi connectivity index (χ3n) is 2.61. The van der Waals surface area contributed by atoms with Gasteiger partial charge < -0.3 is 10.6 Å². The predicted molar refractivity (Wildman–Crippen MR) is 75.2 cm³/mol. The monoisotopic (exact) mass is 296 g/mol. The van der Waals surface area contributed by atoms with Gasteiger partial charge in [-0.05, 0) is 36.8 Å². The Balaban J connectivity index is 2.09. The summed E-state index contributed by atoms with van der Waals surface area (Å²) in [5.74, 6) is -1.36. The Bertz CT molecular complexity index is 662. The molecule has 0 heterocycles. The van der Waals surface area contributed by atoms with Gasteiger partial charge in [-0.1, -0.05) is 17.7 Å². The van der Waals surface area contributed by atoms with Crippen LogP contribution in [0.2, 0.25) is 5.02 Å². The van der Waals surface area contributed by atoms with Crippen molar-refractivity contribution in [3.05, 3.63) is 58.6 Å². The molecule has 2 rings (SSSR count). The van der Waals surface area contributed by atoms with Crippen molar-refractivity contribution in [3.8, 4) is 0 Å². The number of rotatable bonds is 2. The van der Waals surface area contributed by atoms with Crippen molar-refractivity contribution in [2.75, 3.05) is 10.6 Å². The van der Waals surface area contributed by atoms with Gasteiger partial charge in [-0.25, -0.2) is 13.6 Å². The molecular formula is C14H11ClF2N2O. The van der Waals surface area contributed by atoms with Crippen LogP contribution >= 0.6 is 11.6 Å². The van der Waals surface area contributed by atoms with Crippen LogP contribution in [0.5, 0.6) is 0 Å². The molecule has 2 aromatic rings. The fourth-order valence-corrected chi connectivity index (χ4v) is 1.73. The molecule has 20 heavy (non-hydrogen) atoms. The first-order chi connectivity index (χ1) is 9.45. The molecule has 0 aliphatic rings. The lowest BCUT2D eigenvalue weighted by atomic mass is 10.2. The lowest BCUT2D eigenvalue weighted by molar-refractivity contribution is 0.262. The third-order valence-corrected chi connectivity index (χ3v) is 3.01. The summed E-state index contributed by atoms with van der Waals surface area (Å²) in [4.78, 5) is 11.7. The van der Waals surface area contributed by atoms with Crippen LogP contribution in [0.4, 0.5) is 25.0 Å². The van der Waals surface area contributed by atoms with E-state index in [2.05, 4.69) is 10.6 Å². The molecule has 0 unspecified atom stereocenters. The predicted octanol–water partition coefficient (Wildman–Crippen LogP) is 4.57. The van der Waals surface area contributed by atoms with Crippen molar-refractivity contribution in [3.63, 3.8) is 0 Å². The van der Waals surface area contributed by atoms with Gasteiger partial charge in [-0.15, -0.1) is 0 Å². The molecule has 0 saturated heterocycles. The van der Waals surface area contributed by atoms with Gasteiger partial charge in [0.25, 0.3) is 0 Å². The van der Waals surface area contributed by atoms with Gasteiger partial charge in [0.1, 0.15) is 11.6 Å². The number of aryl methyl sites for hydroxylation is 1. The summed E-state index contributed by atoms with van der Waals surface area (Å²) in [7, 11) is 0. The van der Waals surface area contributed by atoms with Gasteiger partial charge in [0.15, 0.2) is 0 Å². The number of carbonyl (C=O) groups excluding carboxylic acids is 1. The first-order valence-electron chi connectivity index (χ1n) is 5.75. The molecule has 0 atom stereocenters. The van der Waals surface area contributed by atoms with Crippen LogP contribution in [-0.4, -0.2) is 6.03 Å². The van der Waals surface area contributed by atoms with Crippen LogP contribution < -0.4 is 10.6 Å². The second kappa shape index (κ2) is 5.88. The molecule has 0 aliphatic heterocycles. The van der Waals surface area contributed by atoms with Gasteiger partial charge in [0.2, 0.25) is 0 Å². The summed E-state index contributed by atoms with van der Waals surface area (Å²) in [5.41, 5.74) is 1.09. The highest BCUT2D eigenvalue weighted by atomic mass is 35.5. The second-order valence-corrected chi connectivity index (χ2v) is 4.57. The maximum atomic E-state index is 13.4. The first-order valence-corrected chi connectivity index (χ1v) is 6.13. The largest absolute Gasteiger partial charge is 0.323 e. The van der Waals surface area contributed by atoms with E-state index in [0.717, 1.165) is 23.8 Å². The Kier molecular flexibility index (Phi) is 4.20. The number of anilines is 2. The summed E-state index contributed by atoms with van der Waals surface area (Å²) in [6, 6.07) is 7.08. The molecule has 2 aromatic carbocycles. The minimum Gasteiger partial charge on any atom is -0.308 e. The van der Waals surface area contributed by atoms with Crippen molar-refractivity contribution in [2.45, 2.75) is 6.92 Å². The molecule has 0 fully saturated rings. The van der Waals surface area contributed by atoms with E-state index in [-0.39, 0.29) is 5.69 Å². The molecule has 104 valence electrons. The lowest BCUT2D eigenvalue weighted by Gasteiger charge is -2.09. The van der Waals surface area contributed by atoms with Crippen LogP contribution in [0, 0.1) is 18.6 Å². The van der Waals surface area contributed by atoms with Gasteiger partial charge in [-0.2, -0.15) is 0 Å². The molecule has 2 N–H and O–H groups in total. The SMILES string of the molecule is Cc1ccc(NC(=O)Nc2cc(F)ccc2F)cc1Cl. The summed E-state index contributed by atoms with van der Waals surface area (Å²) < 4.78 is 26.3. The van der Waals surface area contributed by atoms with Crippen LogP contribution in [0.25, 0.3) is 0 Å². The van der Waals surface area contributed by atoms with Crippen molar-refractivity contribution in [1.29, 1.82) is 0 Å². The molecular weight excluding hydrogens is 286 g/mol. The third kappa shape index (κ3) is 3.45. The van der Waals surface area contributed by atoms with E-state index < -0.39 is 17.7 Å². The molecule has 0 radical (unpaired) electrons. The number of urea groups is 1. The topological polar surface area (TPSA) is 41.1 Å². The quantitative estimate of drug-likeness (QED) is 0.837. The van der Waals surface area contributed by atoms with Gasteiger partial charge in [-0.3, -0.25) is 0 Å². The summed E-state index contributed by atoms with van der Waals surface area (Å²) in [6.07, 6.45) is 0. The van der Waals surface area contributed by atoms with E-state index in [1.54, 1.807) is 18.2 Å². The van der Waals surface area contributed by atoms with Crippen LogP contribution in [0.15, 0.2) is 36.4 Å². The van der Waals surface area contributed by atoms with E-state index in [4.69, 9.17) is 11.6 Å². The number of nitrogens with one attached hydrogen (secondary N) is 2. The van der Waals surface area contributed by atoms with Crippen molar-refractivity contribution < 1.29 is 13.6 Å². The Morgan fingerprint density at radius 1 is 1.10 bits per heavy atom. The normalized spacial score (nSPS) is 10.2. The lowest BCUT2D eigenvalue weighted by Crippen LogP contribution is -2.20. The van der Waals surface area contributed by atoms with E-state index in [9.17, 15) is 13.6 Å². The fourth-order valence-electron chi connectivity index (χ4n) is 1.55. The highest BCUT2D eigenvalue weighted by Crippen LogP contribution is 2.20. The minimum absolute atomic E-state index is 0.235. The van der Waals surface area contributed by atoms with Crippen LogP contribution in [0.3, 0.4) is 0 Å². The summed E-state index contributed by atoms with van der Waals surface area (Å²) >= 11 is 5.92. The number of carbonyl (C=O) groups is 1. The average Bonchev–Trinajstić information content (AvgIpc) is 2.38. The van der Waals surface area contributed by atoms with Gasteiger partial charge in [0.05, 0.1) is 5.69 Å². The molecule has 0 bridgehead atoms. The van der Waals surface area contributed by atoms with E-state index in [1.807, 2.05) is 6.92 Å². The van der Waals surface area contributed by atoms with E-state index in [1.165, 1.54) is 0 Å². The Hall–Kier alpha value is -2.14. The Labute approximate surface area is 119 Å². The molecule has 0 aromatic heterocycles. The minimum atomic E-state index is -0.719. The van der Waals surface area contributed by atoms with Gasteiger partial charge >= 0.3 is 6.03 Å². The number of halogens is 3. The zero-order chi connectivity index (χ0) is 14.7. The maximum Gasteiger partial charge on any atom is 0.323 e. The summed E-state index contributed by atoms with van der Waals surface area (Å²) in [5, 5.41) is 5.21. The second-order valence-electron chi connectivity index (χ2n) is 4.17. The molecule has 0 aliphatic carbocycles. The van der Waals surface area contributed by atoms with Crippen molar-refractivity contribution >= 4 is 29.0 Å². The Morgan fingerprint density at radius 2 is 1.85 bits per heavy atom. The van der Waals surface area contributed by atoms with Crippen LogP contribution in [0.1, 0.15) is 5.56 Å². The molecule has 2 amide bonds. The molecule has 0 spiro atoms. The average molecular weight is 297 g/mol. The Morgan fingerprint density at radius 3 is 2.55 bits per heavy atom. The highest BCUT2D eigenvalue weighted by Gasteiger charge is 2.08. The maximum absolute atomic E-state index is 13.4. The van der Waals surface area contributed by atoms with Crippen LogP contribution in [-0.2, 0) is 0 Å². The number of hydrogen-bond donors (Lipinski definition) is 2. The molecule has 6 heteroatoms. The van der Waals surface area contributed by atoms with Crippen molar-refractivity contribution in [1.82, 2.24) is 0 Å². The van der Waals surface area contributed by atoms with Gasteiger partial charge in [0, 0.05) is 16.8 Å². The smallest absolute Gasteiger partial charge is 0.308 e. The number of hydrogen-bond acceptors (Lipinski definition) is 1. The summed E-state index contributed by atoms with van der Waals surface area (Å²) in [6.45, 7) is 1.83. The number of amides is 2. The zero-order valence-corrected chi connectivity index (χ0v) is 11.3. The highest BCUT2D eigenvalue weighted by molar-refractivity contribution is 6.31. The molecule has 3 nitrogen and oxygen atoms in total. The van der Waals surface area contributed by atoms with E-state index in [0.29, 0.717) is 10.7 Å². The zero-order valence-electron chi connectivity index (χ0n) is 10.5. The standard InChI is InChI=1S/C14H11ClF2N2O/c1-8-2-4-10(7-11(8)15)18-14(20)19-13-6-9(16)3-5-12(13)17/h2-7H,1H3,(H2,18,19,20). The molecule has 0 saturated carbocycles. The van der Waals surface area contributed by atoms with Crippen molar-refractivity contribution in [2.24, 2.45) is 0 Å². The fraction of sp³-hybridized carbons (Fsp3) is 0.0714. The first kappa shape index (κ1) is 14.3.